The van der Waals surface area contributed by atoms with E-state index in [9.17, 15) is 17.2 Å². The first-order valence-electron chi connectivity index (χ1n) is 8.94. The zero-order valence-corrected chi connectivity index (χ0v) is 17.5. The number of fused-ring (bicyclic) bond motifs is 3. The summed E-state index contributed by atoms with van der Waals surface area (Å²) in [6.07, 6.45) is 3.40. The van der Waals surface area contributed by atoms with Crippen molar-refractivity contribution in [2.45, 2.75) is 52.7 Å². The van der Waals surface area contributed by atoms with Gasteiger partial charge in [0.2, 0.25) is 10.0 Å². The van der Waals surface area contributed by atoms with Crippen LogP contribution in [0, 0.1) is 0 Å². The summed E-state index contributed by atoms with van der Waals surface area (Å²) in [7, 11) is -3.75. The van der Waals surface area contributed by atoms with Crippen molar-refractivity contribution >= 4 is 49.4 Å². The van der Waals surface area contributed by atoms with Crippen LogP contribution in [-0.4, -0.2) is 54.1 Å². The molecular formula is C16H17F2IN6O2S. The molecule has 0 unspecified atom stereocenters. The molecule has 2 saturated carbocycles. The highest BCUT2D eigenvalue weighted by atomic mass is 127. The van der Waals surface area contributed by atoms with Gasteiger partial charge in [-0.15, -0.1) is 10.2 Å². The summed E-state index contributed by atoms with van der Waals surface area (Å²) in [5, 5.41) is 7.55. The molecule has 12 heteroatoms. The third kappa shape index (κ3) is 3.00. The summed E-state index contributed by atoms with van der Waals surface area (Å²) >= 11 is 2.30. The van der Waals surface area contributed by atoms with Crippen LogP contribution in [0.2, 0.25) is 0 Å². The standard InChI is InChI=1S/C16H17F2IN6O2S/c17-16(18)5-9(6-16)28(26,27)24-8-3-10(11(19)4-8)15-23-22-13-7-21-14-12(25(13)15)1-2-20-14/h1-2,7-11,20,24H,3-6H2/t8-,10+,11-/m1/s1. The molecule has 0 radical (unpaired) electrons. The van der Waals surface area contributed by atoms with Crippen LogP contribution in [0.1, 0.15) is 37.4 Å². The molecule has 3 aromatic rings. The highest BCUT2D eigenvalue weighted by Gasteiger charge is 2.52. The molecule has 150 valence electrons. The Kier molecular flexibility index (Phi) is 4.18. The third-order valence-electron chi connectivity index (χ3n) is 5.61. The molecule has 2 N–H and O–H groups in total. The molecule has 5 rings (SSSR count). The lowest BCUT2D eigenvalue weighted by molar-refractivity contribution is -0.0688. The second-order valence-corrected chi connectivity index (χ2v) is 11.2. The van der Waals surface area contributed by atoms with E-state index in [0.717, 1.165) is 17.0 Å². The van der Waals surface area contributed by atoms with Gasteiger partial charge in [0.25, 0.3) is 5.92 Å². The average Bonchev–Trinajstić information content (AvgIpc) is 3.29. The number of nitrogens with one attached hydrogen (secondary N) is 2. The average molecular weight is 522 g/mol. The van der Waals surface area contributed by atoms with Gasteiger partial charge in [-0.2, -0.15) is 0 Å². The normalized spacial score (nSPS) is 28.2. The maximum Gasteiger partial charge on any atom is 0.250 e. The first kappa shape index (κ1) is 18.6. The molecule has 28 heavy (non-hydrogen) atoms. The van der Waals surface area contributed by atoms with Crippen LogP contribution in [-0.2, 0) is 10.0 Å². The molecule has 0 saturated heterocycles. The van der Waals surface area contributed by atoms with Crippen molar-refractivity contribution in [3.63, 3.8) is 0 Å². The fourth-order valence-electron chi connectivity index (χ4n) is 4.14. The van der Waals surface area contributed by atoms with Crippen molar-refractivity contribution in [1.29, 1.82) is 0 Å². The van der Waals surface area contributed by atoms with E-state index in [1.54, 1.807) is 12.4 Å². The number of aromatic amines is 1. The minimum Gasteiger partial charge on any atom is -0.345 e. The molecule has 0 aliphatic heterocycles. The molecule has 2 fully saturated rings. The molecule has 2 aliphatic rings. The molecule has 3 heterocycles. The fourth-order valence-corrected chi connectivity index (χ4v) is 7.15. The Morgan fingerprint density at radius 1 is 1.29 bits per heavy atom. The van der Waals surface area contributed by atoms with Crippen molar-refractivity contribution in [1.82, 2.24) is 29.3 Å². The highest BCUT2D eigenvalue weighted by Crippen LogP contribution is 2.43. The summed E-state index contributed by atoms with van der Waals surface area (Å²) in [6.45, 7) is 0. The number of sulfonamides is 1. The predicted molar refractivity (Wildman–Crippen MR) is 106 cm³/mol. The van der Waals surface area contributed by atoms with Gasteiger partial charge in [-0.25, -0.2) is 26.9 Å². The Morgan fingerprint density at radius 3 is 2.82 bits per heavy atom. The first-order valence-corrected chi connectivity index (χ1v) is 11.7. The number of H-pyrrole nitrogens is 1. The number of hydrogen-bond donors (Lipinski definition) is 2. The van der Waals surface area contributed by atoms with Crippen molar-refractivity contribution in [3.05, 3.63) is 24.3 Å². The van der Waals surface area contributed by atoms with E-state index in [2.05, 4.69) is 47.5 Å². The van der Waals surface area contributed by atoms with Crippen molar-refractivity contribution < 1.29 is 17.2 Å². The van der Waals surface area contributed by atoms with Crippen LogP contribution in [0.5, 0.6) is 0 Å². The largest absolute Gasteiger partial charge is 0.345 e. The van der Waals surface area contributed by atoms with Gasteiger partial charge in [-0.1, -0.05) is 22.6 Å². The van der Waals surface area contributed by atoms with E-state index in [0.29, 0.717) is 18.5 Å². The SMILES string of the molecule is O=S(=O)(N[C@H]1C[C@@H](I)[C@@H](c2nnc3cnc4[nH]ccc4n23)C1)C1CC(F)(F)C1. The lowest BCUT2D eigenvalue weighted by Crippen LogP contribution is -2.50. The van der Waals surface area contributed by atoms with Gasteiger partial charge in [0.15, 0.2) is 11.3 Å². The third-order valence-corrected chi connectivity index (χ3v) is 8.86. The predicted octanol–water partition coefficient (Wildman–Crippen LogP) is 2.37. The smallest absolute Gasteiger partial charge is 0.250 e. The molecule has 0 bridgehead atoms. The van der Waals surface area contributed by atoms with E-state index in [1.807, 2.05) is 10.5 Å². The Morgan fingerprint density at radius 2 is 2.07 bits per heavy atom. The van der Waals surface area contributed by atoms with E-state index in [1.165, 1.54) is 0 Å². The molecule has 0 aromatic carbocycles. The van der Waals surface area contributed by atoms with Gasteiger partial charge in [-0.05, 0) is 18.9 Å². The number of nitrogens with zero attached hydrogens (tertiary/aromatic N) is 4. The monoisotopic (exact) mass is 522 g/mol. The maximum atomic E-state index is 13.1. The van der Waals surface area contributed by atoms with Gasteiger partial charge in [0.1, 0.15) is 5.82 Å². The summed E-state index contributed by atoms with van der Waals surface area (Å²) in [4.78, 5) is 7.36. The fraction of sp³-hybridized carbons (Fsp3) is 0.562. The van der Waals surface area contributed by atoms with Crippen LogP contribution in [0.25, 0.3) is 16.8 Å². The number of rotatable bonds is 4. The van der Waals surface area contributed by atoms with E-state index in [-0.39, 0.29) is 15.9 Å². The Bertz CT molecular complexity index is 1150. The second kappa shape index (κ2) is 6.29. The van der Waals surface area contributed by atoms with Gasteiger partial charge < -0.3 is 4.98 Å². The second-order valence-electron chi connectivity index (χ2n) is 7.56. The maximum absolute atomic E-state index is 13.1. The number of aromatic nitrogens is 5. The summed E-state index contributed by atoms with van der Waals surface area (Å²) < 4.78 is 55.7. The quantitative estimate of drug-likeness (QED) is 0.405. The number of alkyl halides is 3. The van der Waals surface area contributed by atoms with Crippen LogP contribution in [0.4, 0.5) is 8.78 Å². The summed E-state index contributed by atoms with van der Waals surface area (Å²) in [5.41, 5.74) is 2.22. The van der Waals surface area contributed by atoms with Crippen molar-refractivity contribution in [2.75, 3.05) is 0 Å². The van der Waals surface area contributed by atoms with Crippen molar-refractivity contribution in [2.24, 2.45) is 0 Å². The Balaban J connectivity index is 1.40. The molecule has 0 amide bonds. The van der Waals surface area contributed by atoms with Gasteiger partial charge in [0.05, 0.1) is 17.0 Å². The molecular weight excluding hydrogens is 505 g/mol. The minimum atomic E-state index is -3.75. The van der Waals surface area contributed by atoms with Gasteiger partial charge in [-0.3, -0.25) is 4.40 Å². The first-order chi connectivity index (χ1) is 13.2. The lowest BCUT2D eigenvalue weighted by Gasteiger charge is -2.34. The van der Waals surface area contributed by atoms with Crippen LogP contribution in [0.3, 0.4) is 0 Å². The van der Waals surface area contributed by atoms with Gasteiger partial charge >= 0.3 is 0 Å². The summed E-state index contributed by atoms with van der Waals surface area (Å²) in [6, 6.07) is 1.60. The van der Waals surface area contributed by atoms with E-state index >= 15 is 0 Å². The van der Waals surface area contributed by atoms with Gasteiger partial charge in [0, 0.05) is 34.9 Å². The lowest BCUT2D eigenvalue weighted by atomic mass is 9.94. The summed E-state index contributed by atoms with van der Waals surface area (Å²) in [5.74, 6) is -2.11. The Labute approximate surface area is 172 Å². The number of hydrogen-bond acceptors (Lipinski definition) is 5. The number of halogens is 3. The Hall–Kier alpha value is -1.41. The highest BCUT2D eigenvalue weighted by molar-refractivity contribution is 14.1. The molecule has 2 aliphatic carbocycles. The molecule has 0 spiro atoms. The van der Waals surface area contributed by atoms with Crippen LogP contribution >= 0.6 is 22.6 Å². The van der Waals surface area contributed by atoms with E-state index < -0.39 is 34.0 Å². The van der Waals surface area contributed by atoms with Crippen LogP contribution in [0.15, 0.2) is 18.5 Å². The molecule has 3 atom stereocenters. The zero-order chi connectivity index (χ0) is 19.7. The molecule has 3 aromatic heterocycles. The topological polar surface area (TPSA) is 105 Å². The molecule has 8 nitrogen and oxygen atoms in total. The van der Waals surface area contributed by atoms with Crippen LogP contribution < -0.4 is 4.72 Å². The van der Waals surface area contributed by atoms with Crippen molar-refractivity contribution in [3.8, 4) is 0 Å². The van der Waals surface area contributed by atoms with E-state index in [4.69, 9.17) is 0 Å². The zero-order valence-electron chi connectivity index (χ0n) is 14.5. The minimum absolute atomic E-state index is 0.00775.